The molecule has 0 atom stereocenters. The predicted octanol–water partition coefficient (Wildman–Crippen LogP) is 4.01. The summed E-state index contributed by atoms with van der Waals surface area (Å²) < 4.78 is 41.5. The van der Waals surface area contributed by atoms with Gasteiger partial charge in [0, 0.05) is 23.7 Å². The Morgan fingerprint density at radius 2 is 2.00 bits per heavy atom. The number of nitrogens with one attached hydrogen (secondary N) is 1. The van der Waals surface area contributed by atoms with E-state index in [0.717, 1.165) is 18.4 Å². The highest BCUT2D eigenvalue weighted by Crippen LogP contribution is 2.41. The summed E-state index contributed by atoms with van der Waals surface area (Å²) >= 11 is 0. The number of aryl methyl sites for hydroxylation is 1. The Morgan fingerprint density at radius 3 is 2.64 bits per heavy atom. The summed E-state index contributed by atoms with van der Waals surface area (Å²) in [6, 6.07) is 7.28. The van der Waals surface area contributed by atoms with E-state index in [1.807, 2.05) is 0 Å². The lowest BCUT2D eigenvalue weighted by atomic mass is 10.1. The van der Waals surface area contributed by atoms with Crippen LogP contribution < -0.4 is 5.32 Å². The van der Waals surface area contributed by atoms with Crippen molar-refractivity contribution in [2.45, 2.75) is 45.2 Å². The number of benzene rings is 1. The van der Waals surface area contributed by atoms with E-state index in [0.29, 0.717) is 22.4 Å². The van der Waals surface area contributed by atoms with Crippen LogP contribution in [-0.2, 0) is 17.9 Å². The van der Waals surface area contributed by atoms with Crippen molar-refractivity contribution in [3.8, 4) is 0 Å². The maximum absolute atomic E-state index is 13.6. The number of pyridine rings is 1. The third-order valence-electron chi connectivity index (χ3n) is 4.85. The predicted molar refractivity (Wildman–Crippen MR) is 97.4 cm³/mol. The van der Waals surface area contributed by atoms with Crippen LogP contribution in [0.15, 0.2) is 30.3 Å². The minimum absolute atomic E-state index is 0.0811. The Hall–Kier alpha value is -2.90. The lowest BCUT2D eigenvalue weighted by Crippen LogP contribution is -2.27. The largest absolute Gasteiger partial charge is 0.350 e. The monoisotopic (exact) mass is 388 g/mol. The van der Waals surface area contributed by atoms with Gasteiger partial charge in [-0.1, -0.05) is 12.1 Å². The number of hydrogen-bond donors (Lipinski definition) is 1. The molecule has 1 saturated carbocycles. The number of carbonyl (C=O) groups excluding carboxylic acids is 1. The van der Waals surface area contributed by atoms with Crippen LogP contribution in [0.1, 0.15) is 47.7 Å². The fourth-order valence-corrected chi connectivity index (χ4v) is 3.27. The number of hydrogen-bond acceptors (Lipinski definition) is 3. The van der Waals surface area contributed by atoms with Gasteiger partial charge in [-0.3, -0.25) is 4.79 Å². The number of rotatable bonds is 6. The van der Waals surface area contributed by atoms with Crippen molar-refractivity contribution in [2.24, 2.45) is 0 Å². The maximum Gasteiger partial charge on any atom is 0.264 e. The van der Waals surface area contributed by atoms with E-state index in [4.69, 9.17) is 0 Å². The van der Waals surface area contributed by atoms with Crippen LogP contribution in [0.5, 0.6) is 0 Å². The van der Waals surface area contributed by atoms with Crippen LogP contribution in [0.3, 0.4) is 0 Å². The Bertz CT molecular complexity index is 1030. The lowest BCUT2D eigenvalue weighted by Gasteiger charge is -2.09. The Balaban J connectivity index is 1.57. The van der Waals surface area contributed by atoms with E-state index in [2.05, 4.69) is 15.4 Å². The summed E-state index contributed by atoms with van der Waals surface area (Å²) in [4.78, 5) is 16.9. The van der Waals surface area contributed by atoms with Gasteiger partial charge in [-0.25, -0.2) is 22.8 Å². The normalized spacial score (nSPS) is 14.0. The number of fused-ring (bicyclic) bond motifs is 1. The van der Waals surface area contributed by atoms with Gasteiger partial charge < -0.3 is 5.32 Å². The Morgan fingerprint density at radius 1 is 1.29 bits per heavy atom. The zero-order valence-electron chi connectivity index (χ0n) is 15.3. The molecule has 5 nitrogen and oxygen atoms in total. The summed E-state index contributed by atoms with van der Waals surface area (Å²) in [5.74, 6) is -0.468. The van der Waals surface area contributed by atoms with Crippen molar-refractivity contribution in [1.29, 1.82) is 0 Å². The minimum Gasteiger partial charge on any atom is -0.350 e. The molecule has 2 heterocycles. The molecule has 0 spiro atoms. The quantitative estimate of drug-likeness (QED) is 0.694. The van der Waals surface area contributed by atoms with Crippen LogP contribution in [-0.4, -0.2) is 20.7 Å². The molecule has 1 fully saturated rings. The third-order valence-corrected chi connectivity index (χ3v) is 4.85. The van der Waals surface area contributed by atoms with Gasteiger partial charge in [0.05, 0.1) is 11.1 Å². The van der Waals surface area contributed by atoms with Gasteiger partial charge in [0.2, 0.25) is 5.91 Å². The summed E-state index contributed by atoms with van der Waals surface area (Å²) in [5, 5.41) is 7.31. The van der Waals surface area contributed by atoms with E-state index in [1.54, 1.807) is 19.1 Å². The molecule has 28 heavy (non-hydrogen) atoms. The van der Waals surface area contributed by atoms with Crippen molar-refractivity contribution in [2.75, 3.05) is 0 Å². The molecular formula is C20H19F3N4O. The van der Waals surface area contributed by atoms with E-state index in [1.165, 1.54) is 22.9 Å². The smallest absolute Gasteiger partial charge is 0.264 e. The second kappa shape index (κ2) is 7.26. The highest BCUT2D eigenvalue weighted by molar-refractivity contribution is 5.85. The summed E-state index contributed by atoms with van der Waals surface area (Å²) in [5.41, 5.74) is 2.05. The first-order chi connectivity index (χ1) is 13.4. The van der Waals surface area contributed by atoms with Crippen molar-refractivity contribution in [3.63, 3.8) is 0 Å². The Labute approximate surface area is 159 Å². The molecule has 0 aliphatic heterocycles. The minimum atomic E-state index is -2.63. The molecule has 0 saturated heterocycles. The standard InChI is InChI=1S/C20H19F3N4O/c1-11-18-15(19(22)23)8-16(13-4-5-13)25-20(18)27(26-11)10-17(28)24-9-12-2-6-14(21)7-3-12/h2-3,6-8,13,19H,4-5,9-10H2,1H3,(H,24,28). The van der Waals surface area contributed by atoms with Gasteiger partial charge in [0.15, 0.2) is 5.65 Å². The molecule has 1 aliphatic rings. The number of halogens is 3. The van der Waals surface area contributed by atoms with Gasteiger partial charge in [-0.05, 0) is 43.5 Å². The zero-order valence-corrected chi connectivity index (χ0v) is 15.3. The first-order valence-corrected chi connectivity index (χ1v) is 9.09. The van der Waals surface area contributed by atoms with Crippen molar-refractivity contribution < 1.29 is 18.0 Å². The van der Waals surface area contributed by atoms with Crippen LogP contribution in [0, 0.1) is 12.7 Å². The molecule has 146 valence electrons. The lowest BCUT2D eigenvalue weighted by molar-refractivity contribution is -0.121. The summed E-state index contributed by atoms with van der Waals surface area (Å²) in [6.45, 7) is 1.75. The summed E-state index contributed by atoms with van der Waals surface area (Å²) in [6.07, 6.45) is -0.759. The van der Waals surface area contributed by atoms with E-state index < -0.39 is 6.43 Å². The average molecular weight is 388 g/mol. The highest BCUT2D eigenvalue weighted by Gasteiger charge is 2.29. The fraction of sp³-hybridized carbons (Fsp3) is 0.350. The highest BCUT2D eigenvalue weighted by atomic mass is 19.3. The molecule has 1 N–H and O–H groups in total. The fourth-order valence-electron chi connectivity index (χ4n) is 3.27. The molecule has 0 bridgehead atoms. The number of alkyl halides is 2. The molecule has 1 aliphatic carbocycles. The van der Waals surface area contributed by atoms with Crippen LogP contribution >= 0.6 is 0 Å². The summed E-state index contributed by atoms with van der Waals surface area (Å²) in [7, 11) is 0. The number of nitrogens with zero attached hydrogens (tertiary/aromatic N) is 3. The molecule has 1 amide bonds. The van der Waals surface area contributed by atoms with Gasteiger partial charge in [0.25, 0.3) is 6.43 Å². The molecule has 1 aromatic carbocycles. The van der Waals surface area contributed by atoms with Gasteiger partial charge in [-0.15, -0.1) is 0 Å². The van der Waals surface area contributed by atoms with Crippen molar-refractivity contribution in [3.05, 3.63) is 58.7 Å². The van der Waals surface area contributed by atoms with Crippen molar-refractivity contribution >= 4 is 16.9 Å². The molecule has 0 radical (unpaired) electrons. The number of carbonyl (C=O) groups is 1. The SMILES string of the molecule is Cc1nn(CC(=O)NCc2ccc(F)cc2)c2nc(C3CC3)cc(C(F)F)c12. The zero-order chi connectivity index (χ0) is 19.8. The van der Waals surface area contributed by atoms with E-state index >= 15 is 0 Å². The topological polar surface area (TPSA) is 59.8 Å². The van der Waals surface area contributed by atoms with Crippen LogP contribution in [0.25, 0.3) is 11.0 Å². The van der Waals surface area contributed by atoms with Gasteiger partial charge in [0.1, 0.15) is 12.4 Å². The number of aromatic nitrogens is 3. The second-order valence-electron chi connectivity index (χ2n) is 7.06. The molecule has 8 heteroatoms. The molecule has 0 unspecified atom stereocenters. The van der Waals surface area contributed by atoms with Crippen LogP contribution in [0.4, 0.5) is 13.2 Å². The Kier molecular flexibility index (Phi) is 4.78. The van der Waals surface area contributed by atoms with E-state index in [9.17, 15) is 18.0 Å². The van der Waals surface area contributed by atoms with E-state index in [-0.39, 0.29) is 36.3 Å². The molecule has 3 aromatic rings. The van der Waals surface area contributed by atoms with Crippen molar-refractivity contribution in [1.82, 2.24) is 20.1 Å². The second-order valence-corrected chi connectivity index (χ2v) is 7.06. The molecular weight excluding hydrogens is 369 g/mol. The molecule has 2 aromatic heterocycles. The van der Waals surface area contributed by atoms with Crippen LogP contribution in [0.2, 0.25) is 0 Å². The molecule has 4 rings (SSSR count). The average Bonchev–Trinajstić information content (AvgIpc) is 3.46. The first kappa shape index (κ1) is 18.5. The third kappa shape index (κ3) is 3.72. The van der Waals surface area contributed by atoms with Gasteiger partial charge >= 0.3 is 0 Å². The number of amides is 1. The van der Waals surface area contributed by atoms with Gasteiger partial charge in [-0.2, -0.15) is 5.10 Å². The maximum atomic E-state index is 13.6. The first-order valence-electron chi connectivity index (χ1n) is 9.09.